The standard InChI is InChI=1S/C20H23O/c1-3-5-16-20(18-14-10-7-11-15-18)21-19(4-2)17-12-8-6-9-13-17/h4,6-14,19-20H,2-3,5,16H2,1H3. The number of hydrogen-bond donors (Lipinski definition) is 0. The molecule has 2 aromatic rings. The summed E-state index contributed by atoms with van der Waals surface area (Å²) in [7, 11) is 0. The zero-order chi connectivity index (χ0) is 14.9. The van der Waals surface area contributed by atoms with Crippen molar-refractivity contribution in [3.8, 4) is 0 Å². The minimum absolute atomic E-state index is 0.0642. The summed E-state index contributed by atoms with van der Waals surface area (Å²) in [6, 6.07) is 21.6. The lowest BCUT2D eigenvalue weighted by Gasteiger charge is -2.23. The largest absolute Gasteiger partial charge is 0.361 e. The number of ether oxygens (including phenoxy) is 1. The molecule has 2 rings (SSSR count). The molecule has 0 saturated carbocycles. The highest BCUT2D eigenvalue weighted by molar-refractivity contribution is 5.22. The first-order valence-corrected chi connectivity index (χ1v) is 7.64. The van der Waals surface area contributed by atoms with Crippen LogP contribution < -0.4 is 0 Å². The van der Waals surface area contributed by atoms with Crippen LogP contribution in [0.1, 0.15) is 49.5 Å². The lowest BCUT2D eigenvalue weighted by molar-refractivity contribution is 0.00458. The van der Waals surface area contributed by atoms with Gasteiger partial charge in [-0.2, -0.15) is 0 Å². The van der Waals surface area contributed by atoms with Crippen LogP contribution in [0.2, 0.25) is 0 Å². The molecule has 0 saturated heterocycles. The van der Waals surface area contributed by atoms with Gasteiger partial charge >= 0.3 is 0 Å². The summed E-state index contributed by atoms with van der Waals surface area (Å²) in [5.74, 6) is 0. The Morgan fingerprint density at radius 2 is 1.90 bits per heavy atom. The van der Waals surface area contributed by atoms with Crippen LogP contribution in [-0.4, -0.2) is 0 Å². The van der Waals surface area contributed by atoms with Gasteiger partial charge in [-0.05, 0) is 23.6 Å². The van der Waals surface area contributed by atoms with Gasteiger partial charge in [0, 0.05) is 0 Å². The second-order valence-corrected chi connectivity index (χ2v) is 5.15. The molecule has 0 N–H and O–H groups in total. The number of hydrogen-bond acceptors (Lipinski definition) is 1. The Bertz CT molecular complexity index is 518. The lowest BCUT2D eigenvalue weighted by Crippen LogP contribution is -2.09. The van der Waals surface area contributed by atoms with Gasteiger partial charge in [0.15, 0.2) is 0 Å². The third-order valence-electron chi connectivity index (χ3n) is 3.55. The molecule has 109 valence electrons. The summed E-state index contributed by atoms with van der Waals surface area (Å²) >= 11 is 0. The molecule has 0 spiro atoms. The van der Waals surface area contributed by atoms with Crippen molar-refractivity contribution in [1.82, 2.24) is 0 Å². The summed E-state index contributed by atoms with van der Waals surface area (Å²) in [4.78, 5) is 0. The van der Waals surface area contributed by atoms with E-state index in [1.807, 2.05) is 42.5 Å². The van der Waals surface area contributed by atoms with E-state index in [9.17, 15) is 0 Å². The van der Waals surface area contributed by atoms with E-state index < -0.39 is 0 Å². The van der Waals surface area contributed by atoms with Crippen LogP contribution in [0.25, 0.3) is 0 Å². The van der Waals surface area contributed by atoms with Crippen molar-refractivity contribution in [3.05, 3.63) is 84.4 Å². The lowest BCUT2D eigenvalue weighted by atomic mass is 10.0. The Morgan fingerprint density at radius 3 is 2.52 bits per heavy atom. The van der Waals surface area contributed by atoms with Gasteiger partial charge in [0.25, 0.3) is 0 Å². The average molecular weight is 279 g/mol. The quantitative estimate of drug-likeness (QED) is 0.566. The molecule has 2 aromatic carbocycles. The maximum atomic E-state index is 6.32. The van der Waals surface area contributed by atoms with Crippen LogP contribution in [0.3, 0.4) is 0 Å². The monoisotopic (exact) mass is 279 g/mol. The highest BCUT2D eigenvalue weighted by Crippen LogP contribution is 2.30. The van der Waals surface area contributed by atoms with Crippen LogP contribution >= 0.6 is 0 Å². The predicted molar refractivity (Wildman–Crippen MR) is 88.0 cm³/mol. The summed E-state index contributed by atoms with van der Waals surface area (Å²) in [5, 5.41) is 0. The third kappa shape index (κ3) is 4.57. The van der Waals surface area contributed by atoms with Crippen molar-refractivity contribution < 1.29 is 4.74 Å². The molecular formula is C20H23O. The summed E-state index contributed by atoms with van der Waals surface area (Å²) in [6.45, 7) is 6.13. The fourth-order valence-electron chi connectivity index (χ4n) is 2.38. The van der Waals surface area contributed by atoms with Gasteiger partial charge in [0.2, 0.25) is 0 Å². The minimum Gasteiger partial charge on any atom is -0.361 e. The van der Waals surface area contributed by atoms with Crippen molar-refractivity contribution >= 4 is 0 Å². The van der Waals surface area contributed by atoms with Gasteiger partial charge in [-0.3, -0.25) is 0 Å². The first-order chi connectivity index (χ1) is 10.3. The molecule has 0 amide bonds. The first-order valence-electron chi connectivity index (χ1n) is 7.64. The summed E-state index contributed by atoms with van der Waals surface area (Å²) in [5.41, 5.74) is 2.26. The Labute approximate surface area is 128 Å². The fourth-order valence-corrected chi connectivity index (χ4v) is 2.38. The molecule has 0 aromatic heterocycles. The van der Waals surface area contributed by atoms with Gasteiger partial charge in [0.05, 0.1) is 6.10 Å². The van der Waals surface area contributed by atoms with Crippen LogP contribution in [-0.2, 0) is 4.74 Å². The first kappa shape index (κ1) is 15.5. The fraction of sp³-hybridized carbons (Fsp3) is 0.300. The SMILES string of the molecule is C=CC(OC(CCCC)c1[c]cccc1)c1ccccc1. The molecule has 2 unspecified atom stereocenters. The Morgan fingerprint density at radius 1 is 1.14 bits per heavy atom. The van der Waals surface area contributed by atoms with E-state index in [2.05, 4.69) is 37.8 Å². The highest BCUT2D eigenvalue weighted by Gasteiger charge is 2.17. The van der Waals surface area contributed by atoms with Crippen LogP contribution in [0, 0.1) is 6.07 Å². The van der Waals surface area contributed by atoms with Crippen molar-refractivity contribution in [2.24, 2.45) is 0 Å². The number of rotatable bonds is 8. The molecule has 1 radical (unpaired) electrons. The van der Waals surface area contributed by atoms with E-state index in [1.165, 1.54) is 0 Å². The number of unbranched alkanes of at least 4 members (excludes halogenated alkanes) is 1. The smallest absolute Gasteiger partial charge is 0.101 e. The molecule has 0 aliphatic carbocycles. The number of benzene rings is 2. The van der Waals surface area contributed by atoms with Gasteiger partial charge in [0.1, 0.15) is 6.10 Å². The molecule has 1 nitrogen and oxygen atoms in total. The molecule has 0 aliphatic heterocycles. The Hall–Kier alpha value is -1.86. The molecule has 0 heterocycles. The van der Waals surface area contributed by atoms with Crippen LogP contribution in [0.4, 0.5) is 0 Å². The van der Waals surface area contributed by atoms with E-state index in [-0.39, 0.29) is 12.2 Å². The molecule has 0 aliphatic rings. The van der Waals surface area contributed by atoms with Crippen molar-refractivity contribution in [2.45, 2.75) is 38.4 Å². The van der Waals surface area contributed by atoms with E-state index in [1.54, 1.807) is 0 Å². The molecule has 2 atom stereocenters. The van der Waals surface area contributed by atoms with Gasteiger partial charge in [-0.15, -0.1) is 6.58 Å². The third-order valence-corrected chi connectivity index (χ3v) is 3.55. The molecule has 1 heteroatoms. The Balaban J connectivity index is 2.15. The topological polar surface area (TPSA) is 9.23 Å². The zero-order valence-electron chi connectivity index (χ0n) is 12.7. The van der Waals surface area contributed by atoms with E-state index in [4.69, 9.17) is 4.74 Å². The Kier molecular flexibility index (Phi) is 6.23. The molecule has 0 fully saturated rings. The summed E-state index contributed by atoms with van der Waals surface area (Å²) in [6.07, 6.45) is 5.17. The van der Waals surface area contributed by atoms with Crippen molar-refractivity contribution in [1.29, 1.82) is 0 Å². The van der Waals surface area contributed by atoms with Crippen molar-refractivity contribution in [3.63, 3.8) is 0 Å². The van der Waals surface area contributed by atoms with E-state index in [0.717, 1.165) is 30.4 Å². The van der Waals surface area contributed by atoms with Crippen LogP contribution in [0.15, 0.2) is 67.3 Å². The summed E-state index contributed by atoms with van der Waals surface area (Å²) < 4.78 is 6.32. The molecular weight excluding hydrogens is 256 g/mol. The maximum Gasteiger partial charge on any atom is 0.101 e. The second kappa shape index (κ2) is 8.43. The zero-order valence-corrected chi connectivity index (χ0v) is 12.7. The van der Waals surface area contributed by atoms with E-state index in [0.29, 0.717) is 0 Å². The normalized spacial score (nSPS) is 13.6. The van der Waals surface area contributed by atoms with Gasteiger partial charge in [-0.25, -0.2) is 0 Å². The van der Waals surface area contributed by atoms with Gasteiger partial charge in [-0.1, -0.05) is 80.4 Å². The minimum atomic E-state index is -0.0818. The van der Waals surface area contributed by atoms with Gasteiger partial charge < -0.3 is 4.74 Å². The predicted octanol–water partition coefficient (Wildman–Crippen LogP) is 5.66. The maximum absolute atomic E-state index is 6.32. The average Bonchev–Trinajstić information content (AvgIpc) is 2.57. The highest BCUT2D eigenvalue weighted by atomic mass is 16.5. The molecule has 0 bridgehead atoms. The van der Waals surface area contributed by atoms with Crippen LogP contribution in [0.5, 0.6) is 0 Å². The van der Waals surface area contributed by atoms with E-state index >= 15 is 0 Å². The molecule has 21 heavy (non-hydrogen) atoms. The second-order valence-electron chi connectivity index (χ2n) is 5.15. The van der Waals surface area contributed by atoms with Crippen molar-refractivity contribution in [2.75, 3.05) is 0 Å².